The van der Waals surface area contributed by atoms with Crippen molar-refractivity contribution < 1.29 is 19.1 Å². The number of carbonyl (C=O) groups is 2. The maximum Gasteiger partial charge on any atom is 0.321 e. The van der Waals surface area contributed by atoms with Gasteiger partial charge in [0, 0.05) is 19.0 Å². The average Bonchev–Trinajstić information content (AvgIpc) is 2.95. The van der Waals surface area contributed by atoms with Crippen molar-refractivity contribution in [2.75, 3.05) is 32.8 Å². The molecular formula is C20H29N3O4. The molecule has 0 aromatic heterocycles. The van der Waals surface area contributed by atoms with E-state index in [9.17, 15) is 9.59 Å². The number of amides is 3. The molecule has 2 heterocycles. The van der Waals surface area contributed by atoms with Crippen molar-refractivity contribution in [1.29, 1.82) is 0 Å². The van der Waals surface area contributed by atoms with Crippen LogP contribution in [0.15, 0.2) is 18.2 Å². The fourth-order valence-electron chi connectivity index (χ4n) is 3.47. The molecule has 2 aliphatic rings. The molecule has 0 spiro atoms. The number of hydrogen-bond donors (Lipinski definition) is 2. The average molecular weight is 375 g/mol. The number of carbonyl (C=O) groups excluding carboxylic acids is 2. The van der Waals surface area contributed by atoms with Gasteiger partial charge in [0.15, 0.2) is 11.5 Å². The fourth-order valence-corrected chi connectivity index (χ4v) is 3.47. The van der Waals surface area contributed by atoms with E-state index in [0.29, 0.717) is 25.7 Å². The lowest BCUT2D eigenvalue weighted by atomic mass is 10.0. The normalized spacial score (nSPS) is 19.6. The van der Waals surface area contributed by atoms with E-state index in [1.807, 2.05) is 32.0 Å². The van der Waals surface area contributed by atoms with Crippen molar-refractivity contribution in [3.8, 4) is 11.5 Å². The fraction of sp³-hybridized carbons (Fsp3) is 0.600. The summed E-state index contributed by atoms with van der Waals surface area (Å²) in [7, 11) is 0. The summed E-state index contributed by atoms with van der Waals surface area (Å²) in [5.74, 6) is 1.61. The molecule has 3 rings (SSSR count). The summed E-state index contributed by atoms with van der Waals surface area (Å²) in [6.45, 7) is 6.91. The number of nitrogens with zero attached hydrogens (tertiary/aromatic N) is 1. The van der Waals surface area contributed by atoms with Gasteiger partial charge in [0.1, 0.15) is 0 Å². The molecular weight excluding hydrogens is 346 g/mol. The molecule has 0 radical (unpaired) electrons. The smallest absolute Gasteiger partial charge is 0.321 e. The highest BCUT2D eigenvalue weighted by molar-refractivity contribution is 5.95. The summed E-state index contributed by atoms with van der Waals surface area (Å²) in [4.78, 5) is 26.2. The first-order valence-corrected chi connectivity index (χ1v) is 9.74. The Morgan fingerprint density at radius 1 is 1.19 bits per heavy atom. The summed E-state index contributed by atoms with van der Waals surface area (Å²) in [5, 5.41) is 5.12. The van der Waals surface area contributed by atoms with Crippen LogP contribution in [0.3, 0.4) is 0 Å². The Kier molecular flexibility index (Phi) is 6.55. The maximum absolute atomic E-state index is 12.3. The van der Waals surface area contributed by atoms with Crippen LogP contribution in [0.25, 0.3) is 0 Å². The first-order valence-electron chi connectivity index (χ1n) is 9.74. The summed E-state index contributed by atoms with van der Waals surface area (Å²) in [6.07, 6.45) is 2.87. The van der Waals surface area contributed by atoms with Crippen LogP contribution in [0, 0.1) is 5.92 Å². The van der Waals surface area contributed by atoms with Gasteiger partial charge in [-0.1, -0.05) is 19.9 Å². The minimum absolute atomic E-state index is 0.145. The van der Waals surface area contributed by atoms with Crippen LogP contribution in [0.4, 0.5) is 4.79 Å². The van der Waals surface area contributed by atoms with E-state index in [2.05, 4.69) is 15.5 Å². The number of imide groups is 1. The first kappa shape index (κ1) is 19.5. The zero-order valence-electron chi connectivity index (χ0n) is 16.1. The van der Waals surface area contributed by atoms with E-state index >= 15 is 0 Å². The number of fused-ring (bicyclic) bond motifs is 1. The third-order valence-corrected chi connectivity index (χ3v) is 4.79. The van der Waals surface area contributed by atoms with Crippen molar-refractivity contribution in [3.63, 3.8) is 0 Å². The predicted molar refractivity (Wildman–Crippen MR) is 102 cm³/mol. The van der Waals surface area contributed by atoms with Crippen molar-refractivity contribution >= 4 is 11.9 Å². The van der Waals surface area contributed by atoms with Gasteiger partial charge in [0.05, 0.1) is 19.8 Å². The van der Waals surface area contributed by atoms with Crippen LogP contribution in [0.5, 0.6) is 11.5 Å². The Hall–Kier alpha value is -2.28. The molecule has 1 fully saturated rings. The lowest BCUT2D eigenvalue weighted by molar-refractivity contribution is -0.121. The molecule has 1 saturated heterocycles. The molecule has 1 aromatic rings. The van der Waals surface area contributed by atoms with Gasteiger partial charge >= 0.3 is 6.03 Å². The first-order chi connectivity index (χ1) is 13.0. The number of ether oxygens (including phenoxy) is 2. The molecule has 0 saturated carbocycles. The molecule has 0 unspecified atom stereocenters. The molecule has 7 heteroatoms. The molecule has 0 aliphatic carbocycles. The van der Waals surface area contributed by atoms with Gasteiger partial charge < -0.3 is 14.8 Å². The Morgan fingerprint density at radius 2 is 1.96 bits per heavy atom. The van der Waals surface area contributed by atoms with Gasteiger partial charge in [-0.25, -0.2) is 4.79 Å². The SMILES string of the molecule is CC(C)CNC(=O)NC(=O)CN1CCC[C@@H]1c1ccc2c(c1)OCCCO2. The Labute approximate surface area is 160 Å². The van der Waals surface area contributed by atoms with Crippen LogP contribution in [-0.2, 0) is 4.79 Å². The van der Waals surface area contributed by atoms with Gasteiger partial charge in [-0.15, -0.1) is 0 Å². The van der Waals surface area contributed by atoms with Crippen LogP contribution in [0.1, 0.15) is 44.7 Å². The van der Waals surface area contributed by atoms with E-state index in [1.165, 1.54) is 0 Å². The standard InChI is InChI=1S/C20H29N3O4/c1-14(2)12-21-20(25)22-19(24)13-23-8-3-5-16(23)15-6-7-17-18(11-15)27-10-4-9-26-17/h6-7,11,14,16H,3-5,8-10,12-13H2,1-2H3,(H2,21,22,24,25)/t16-/m1/s1. The van der Waals surface area contributed by atoms with E-state index < -0.39 is 6.03 Å². The van der Waals surface area contributed by atoms with Crippen LogP contribution >= 0.6 is 0 Å². The largest absolute Gasteiger partial charge is 0.490 e. The lowest BCUT2D eigenvalue weighted by Gasteiger charge is -2.24. The molecule has 3 amide bonds. The zero-order chi connectivity index (χ0) is 19.2. The minimum atomic E-state index is -0.431. The number of urea groups is 1. The summed E-state index contributed by atoms with van der Waals surface area (Å²) in [6, 6.07) is 5.73. The van der Waals surface area contributed by atoms with E-state index in [-0.39, 0.29) is 18.5 Å². The number of benzene rings is 1. The van der Waals surface area contributed by atoms with Crippen molar-refractivity contribution in [2.24, 2.45) is 5.92 Å². The Morgan fingerprint density at radius 3 is 2.74 bits per heavy atom. The van der Waals surface area contributed by atoms with E-state index in [0.717, 1.165) is 42.9 Å². The van der Waals surface area contributed by atoms with Crippen molar-refractivity contribution in [3.05, 3.63) is 23.8 Å². The molecule has 27 heavy (non-hydrogen) atoms. The van der Waals surface area contributed by atoms with Gasteiger partial charge in [0.25, 0.3) is 0 Å². The third-order valence-electron chi connectivity index (χ3n) is 4.79. The monoisotopic (exact) mass is 375 g/mol. The number of hydrogen-bond acceptors (Lipinski definition) is 5. The predicted octanol–water partition coefficient (Wildman–Crippen LogP) is 2.47. The summed E-state index contributed by atoms with van der Waals surface area (Å²) in [5.41, 5.74) is 1.12. The van der Waals surface area contributed by atoms with Crippen molar-refractivity contribution in [1.82, 2.24) is 15.5 Å². The van der Waals surface area contributed by atoms with Gasteiger partial charge in [-0.3, -0.25) is 15.0 Å². The van der Waals surface area contributed by atoms with E-state index in [4.69, 9.17) is 9.47 Å². The molecule has 1 atom stereocenters. The van der Waals surface area contributed by atoms with Crippen LogP contribution in [-0.4, -0.2) is 49.7 Å². The maximum atomic E-state index is 12.3. The second-order valence-corrected chi connectivity index (χ2v) is 7.54. The third kappa shape index (κ3) is 5.35. The van der Waals surface area contributed by atoms with Crippen molar-refractivity contribution in [2.45, 2.75) is 39.2 Å². The van der Waals surface area contributed by atoms with Crippen LogP contribution in [0.2, 0.25) is 0 Å². The van der Waals surface area contributed by atoms with E-state index in [1.54, 1.807) is 0 Å². The molecule has 0 bridgehead atoms. The van der Waals surface area contributed by atoms with Crippen LogP contribution < -0.4 is 20.1 Å². The quantitative estimate of drug-likeness (QED) is 0.826. The second-order valence-electron chi connectivity index (χ2n) is 7.54. The number of rotatable bonds is 5. The minimum Gasteiger partial charge on any atom is -0.490 e. The topological polar surface area (TPSA) is 79.9 Å². The summed E-state index contributed by atoms with van der Waals surface area (Å²) >= 11 is 0. The highest BCUT2D eigenvalue weighted by atomic mass is 16.5. The lowest BCUT2D eigenvalue weighted by Crippen LogP contribution is -2.45. The molecule has 148 valence electrons. The van der Waals surface area contributed by atoms with Gasteiger partial charge in [0.2, 0.25) is 5.91 Å². The zero-order valence-corrected chi connectivity index (χ0v) is 16.1. The van der Waals surface area contributed by atoms with Gasteiger partial charge in [-0.2, -0.15) is 0 Å². The van der Waals surface area contributed by atoms with Gasteiger partial charge in [-0.05, 0) is 43.0 Å². The molecule has 2 N–H and O–H groups in total. The number of likely N-dealkylation sites (tertiary alicyclic amines) is 1. The molecule has 7 nitrogen and oxygen atoms in total. The Balaban J connectivity index is 1.59. The Bertz CT molecular complexity index is 677. The highest BCUT2D eigenvalue weighted by Gasteiger charge is 2.29. The second kappa shape index (κ2) is 9.08. The molecule has 2 aliphatic heterocycles. The number of nitrogens with one attached hydrogen (secondary N) is 2. The highest BCUT2D eigenvalue weighted by Crippen LogP contribution is 2.37. The summed E-state index contributed by atoms with van der Waals surface area (Å²) < 4.78 is 11.5. The molecule has 1 aromatic carbocycles.